The van der Waals surface area contributed by atoms with E-state index in [1.54, 1.807) is 24.3 Å². The van der Waals surface area contributed by atoms with Crippen molar-refractivity contribution >= 4 is 22.6 Å². The first kappa shape index (κ1) is 20.6. The number of aryl methyl sites for hydroxylation is 1. The van der Waals surface area contributed by atoms with Crippen molar-refractivity contribution in [2.75, 3.05) is 11.9 Å². The number of amides is 1. The van der Waals surface area contributed by atoms with Crippen LogP contribution in [0.3, 0.4) is 0 Å². The number of nitrogens with two attached hydrogens (primary N) is 1. The van der Waals surface area contributed by atoms with Crippen LogP contribution in [0.2, 0.25) is 0 Å². The van der Waals surface area contributed by atoms with Crippen molar-refractivity contribution in [2.45, 2.75) is 39.7 Å². The average molecular weight is 394 g/mol. The smallest absolute Gasteiger partial charge is 0.349 e. The molecule has 1 amide bonds. The highest BCUT2D eigenvalue weighted by atomic mass is 16.5. The average Bonchev–Trinajstić information content (AvgIpc) is 2.67. The molecule has 0 aliphatic heterocycles. The van der Waals surface area contributed by atoms with Crippen molar-refractivity contribution < 1.29 is 13.9 Å². The topological polar surface area (TPSA) is 94.6 Å². The fourth-order valence-corrected chi connectivity index (χ4v) is 3.19. The number of rotatable bonds is 6. The number of hydrogen-bond donors (Lipinski definition) is 2. The van der Waals surface area contributed by atoms with Crippen molar-refractivity contribution in [3.8, 4) is 5.75 Å². The number of hydrogen-bond acceptors (Lipinski definition) is 5. The van der Waals surface area contributed by atoms with E-state index < -0.39 is 17.1 Å². The Morgan fingerprint density at radius 3 is 2.41 bits per heavy atom. The first-order valence-corrected chi connectivity index (χ1v) is 9.68. The van der Waals surface area contributed by atoms with Crippen LogP contribution >= 0.6 is 0 Å². The Morgan fingerprint density at radius 1 is 1.14 bits per heavy atom. The summed E-state index contributed by atoms with van der Waals surface area (Å²) in [6, 6.07) is 12.4. The number of carbonyl (C=O) groups is 1. The van der Waals surface area contributed by atoms with Crippen LogP contribution in [0.5, 0.6) is 5.75 Å². The third kappa shape index (κ3) is 4.32. The molecule has 0 spiro atoms. The number of benzene rings is 2. The molecule has 0 saturated heterocycles. The molecule has 3 aromatic rings. The molecule has 0 bridgehead atoms. The standard InChI is InChI=1S/C23H26N2O4/c1-5-17-19(28-6-2)12-7-14-13-18(22(27)29-20(14)17)21(26)25-16-10-8-15(9-11-16)23(3,4)24/h7-13H,5-6,24H2,1-4H3,(H,25,26). The molecular formula is C23H26N2O4. The number of fused-ring (bicyclic) bond motifs is 1. The zero-order chi connectivity index (χ0) is 21.2. The second kappa shape index (κ2) is 8.09. The molecule has 3 rings (SSSR count). The number of carbonyl (C=O) groups excluding carboxylic acids is 1. The predicted molar refractivity (Wildman–Crippen MR) is 115 cm³/mol. The normalized spacial score (nSPS) is 11.5. The highest BCUT2D eigenvalue weighted by Gasteiger charge is 2.18. The molecule has 1 aromatic heterocycles. The zero-order valence-corrected chi connectivity index (χ0v) is 17.2. The molecule has 0 saturated carbocycles. The lowest BCUT2D eigenvalue weighted by Gasteiger charge is -2.19. The second-order valence-electron chi connectivity index (χ2n) is 7.45. The van der Waals surface area contributed by atoms with Gasteiger partial charge in [-0.05, 0) is 63.1 Å². The van der Waals surface area contributed by atoms with E-state index in [9.17, 15) is 9.59 Å². The lowest BCUT2D eigenvalue weighted by Crippen LogP contribution is -2.28. The first-order valence-electron chi connectivity index (χ1n) is 9.68. The van der Waals surface area contributed by atoms with Gasteiger partial charge in [-0.25, -0.2) is 4.79 Å². The summed E-state index contributed by atoms with van der Waals surface area (Å²) in [7, 11) is 0. The van der Waals surface area contributed by atoms with Gasteiger partial charge in [0.2, 0.25) is 0 Å². The van der Waals surface area contributed by atoms with Gasteiger partial charge in [-0.2, -0.15) is 0 Å². The van der Waals surface area contributed by atoms with Crippen molar-refractivity contribution in [1.29, 1.82) is 0 Å². The summed E-state index contributed by atoms with van der Waals surface area (Å²) in [4.78, 5) is 25.2. The third-order valence-corrected chi connectivity index (χ3v) is 4.75. The molecule has 152 valence electrons. The van der Waals surface area contributed by atoms with Gasteiger partial charge in [0, 0.05) is 22.2 Å². The summed E-state index contributed by atoms with van der Waals surface area (Å²) in [6.45, 7) is 8.19. The molecule has 0 radical (unpaired) electrons. The summed E-state index contributed by atoms with van der Waals surface area (Å²) in [5.41, 5.74) is 7.65. The molecule has 0 unspecified atom stereocenters. The lowest BCUT2D eigenvalue weighted by atomic mass is 9.95. The van der Waals surface area contributed by atoms with Gasteiger partial charge < -0.3 is 20.2 Å². The minimum absolute atomic E-state index is 0.0491. The van der Waals surface area contributed by atoms with Crippen LogP contribution < -0.4 is 21.4 Å². The van der Waals surface area contributed by atoms with Crippen LogP contribution in [0.1, 0.15) is 49.2 Å². The third-order valence-electron chi connectivity index (χ3n) is 4.75. The second-order valence-corrected chi connectivity index (χ2v) is 7.45. The van der Waals surface area contributed by atoms with Gasteiger partial charge in [-0.1, -0.05) is 19.1 Å². The summed E-state index contributed by atoms with van der Waals surface area (Å²) in [6.07, 6.45) is 0.644. The predicted octanol–water partition coefficient (Wildman–Crippen LogP) is 4.20. The van der Waals surface area contributed by atoms with Gasteiger partial charge in [0.1, 0.15) is 16.9 Å². The van der Waals surface area contributed by atoms with Crippen molar-refractivity contribution in [2.24, 2.45) is 5.73 Å². The Kier molecular flexibility index (Phi) is 5.75. The largest absolute Gasteiger partial charge is 0.493 e. The van der Waals surface area contributed by atoms with Crippen LogP contribution in [0.15, 0.2) is 51.7 Å². The number of anilines is 1. The van der Waals surface area contributed by atoms with Gasteiger partial charge in [0.05, 0.1) is 6.61 Å². The molecule has 1 heterocycles. The van der Waals surface area contributed by atoms with Crippen molar-refractivity contribution in [3.63, 3.8) is 0 Å². The van der Waals surface area contributed by atoms with Crippen LogP contribution in [0.25, 0.3) is 11.0 Å². The maximum absolute atomic E-state index is 12.7. The molecular weight excluding hydrogens is 368 g/mol. The van der Waals surface area contributed by atoms with Crippen molar-refractivity contribution in [3.05, 3.63) is 69.6 Å². The quantitative estimate of drug-likeness (QED) is 0.611. The van der Waals surface area contributed by atoms with E-state index in [1.165, 1.54) is 0 Å². The highest BCUT2D eigenvalue weighted by Crippen LogP contribution is 2.28. The maximum Gasteiger partial charge on any atom is 0.349 e. The summed E-state index contributed by atoms with van der Waals surface area (Å²) >= 11 is 0. The molecule has 2 aromatic carbocycles. The van der Waals surface area contributed by atoms with E-state index >= 15 is 0 Å². The Balaban J connectivity index is 1.93. The van der Waals surface area contributed by atoms with E-state index in [2.05, 4.69) is 5.32 Å². The van der Waals surface area contributed by atoms with Gasteiger partial charge >= 0.3 is 5.63 Å². The molecule has 0 fully saturated rings. The molecule has 0 aliphatic carbocycles. The molecule has 6 nitrogen and oxygen atoms in total. The Labute approximate surface area is 169 Å². The first-order chi connectivity index (χ1) is 13.7. The van der Waals surface area contributed by atoms with Gasteiger partial charge in [0.25, 0.3) is 5.91 Å². The molecule has 29 heavy (non-hydrogen) atoms. The Bertz CT molecular complexity index is 1090. The van der Waals surface area contributed by atoms with E-state index in [-0.39, 0.29) is 5.56 Å². The molecule has 0 atom stereocenters. The van der Waals surface area contributed by atoms with Crippen LogP contribution in [0.4, 0.5) is 5.69 Å². The monoisotopic (exact) mass is 394 g/mol. The fraction of sp³-hybridized carbons (Fsp3) is 0.304. The molecule has 0 aliphatic rings. The Morgan fingerprint density at radius 2 is 1.83 bits per heavy atom. The molecule has 6 heteroatoms. The van der Waals surface area contributed by atoms with E-state index in [1.807, 2.05) is 45.9 Å². The fourth-order valence-electron chi connectivity index (χ4n) is 3.19. The van der Waals surface area contributed by atoms with E-state index in [0.29, 0.717) is 35.4 Å². The molecule has 3 N–H and O–H groups in total. The van der Waals surface area contributed by atoms with Crippen LogP contribution in [-0.4, -0.2) is 12.5 Å². The van der Waals surface area contributed by atoms with Crippen LogP contribution in [-0.2, 0) is 12.0 Å². The zero-order valence-electron chi connectivity index (χ0n) is 17.2. The minimum Gasteiger partial charge on any atom is -0.493 e. The minimum atomic E-state index is -0.682. The van der Waals surface area contributed by atoms with E-state index in [0.717, 1.165) is 11.1 Å². The van der Waals surface area contributed by atoms with Gasteiger partial charge in [-0.3, -0.25) is 4.79 Å². The van der Waals surface area contributed by atoms with Gasteiger partial charge in [-0.15, -0.1) is 0 Å². The van der Waals surface area contributed by atoms with Gasteiger partial charge in [0.15, 0.2) is 0 Å². The van der Waals surface area contributed by atoms with Crippen LogP contribution in [0, 0.1) is 0 Å². The van der Waals surface area contributed by atoms with E-state index in [4.69, 9.17) is 14.9 Å². The summed E-state index contributed by atoms with van der Waals surface area (Å²) in [5.74, 6) is 0.165. The summed E-state index contributed by atoms with van der Waals surface area (Å²) < 4.78 is 11.1. The Hall–Kier alpha value is -3.12. The van der Waals surface area contributed by atoms with Crippen molar-refractivity contribution in [1.82, 2.24) is 0 Å². The highest BCUT2D eigenvalue weighted by molar-refractivity contribution is 6.05. The number of nitrogens with one attached hydrogen (secondary N) is 1. The number of ether oxygens (including phenoxy) is 1. The SMILES string of the molecule is CCOc1ccc2cc(C(=O)Nc3ccc(C(C)(C)N)cc3)c(=O)oc2c1CC. The summed E-state index contributed by atoms with van der Waals surface area (Å²) in [5, 5.41) is 3.41. The maximum atomic E-state index is 12.7. The lowest BCUT2D eigenvalue weighted by molar-refractivity contribution is 0.102.